The molecular weight excluding hydrogens is 228 g/mol. The van der Waals surface area contributed by atoms with E-state index in [1.54, 1.807) is 13.0 Å². The van der Waals surface area contributed by atoms with Gasteiger partial charge in [0.2, 0.25) is 5.91 Å². The summed E-state index contributed by atoms with van der Waals surface area (Å²) in [5.41, 5.74) is -0.198. The van der Waals surface area contributed by atoms with Crippen LogP contribution in [0.5, 0.6) is 0 Å². The molecule has 1 unspecified atom stereocenters. The first-order valence-electron chi connectivity index (χ1n) is 5.85. The quantitative estimate of drug-likeness (QED) is 0.808. The molecule has 0 aliphatic carbocycles. The Hall–Kier alpha value is -2.10. The van der Waals surface area contributed by atoms with E-state index >= 15 is 0 Å². The first-order chi connectivity index (χ1) is 8.58. The van der Waals surface area contributed by atoms with Gasteiger partial charge < -0.3 is 10.2 Å². The number of benzene rings is 1. The monoisotopic (exact) mass is 244 g/mol. The number of carbonyl (C=O) groups excluding carboxylic acids is 2. The van der Waals surface area contributed by atoms with E-state index in [2.05, 4.69) is 11.9 Å². The van der Waals surface area contributed by atoms with Gasteiger partial charge >= 0.3 is 0 Å². The molecule has 1 heterocycles. The molecule has 0 saturated carbocycles. The van der Waals surface area contributed by atoms with Crippen molar-refractivity contribution in [3.63, 3.8) is 0 Å². The summed E-state index contributed by atoms with van der Waals surface area (Å²) in [5.74, 6) is -0.254. The molecule has 1 saturated heterocycles. The summed E-state index contributed by atoms with van der Waals surface area (Å²) in [6.07, 6.45) is 1.63. The van der Waals surface area contributed by atoms with Gasteiger partial charge in [-0.3, -0.25) is 9.59 Å². The van der Waals surface area contributed by atoms with Crippen molar-refractivity contribution in [1.29, 1.82) is 0 Å². The van der Waals surface area contributed by atoms with Gasteiger partial charge in [0.25, 0.3) is 5.91 Å². The van der Waals surface area contributed by atoms with Crippen LogP contribution in [0, 0.1) is 0 Å². The highest BCUT2D eigenvalue weighted by atomic mass is 16.2. The topological polar surface area (TPSA) is 49.4 Å². The van der Waals surface area contributed by atoms with Crippen LogP contribution in [0.4, 0.5) is 0 Å². The van der Waals surface area contributed by atoms with Crippen molar-refractivity contribution in [2.75, 3.05) is 13.1 Å². The Morgan fingerprint density at radius 3 is 2.67 bits per heavy atom. The molecule has 1 aromatic carbocycles. The van der Waals surface area contributed by atoms with Crippen molar-refractivity contribution in [3.05, 3.63) is 48.6 Å². The van der Waals surface area contributed by atoms with Crippen molar-refractivity contribution >= 4 is 11.8 Å². The van der Waals surface area contributed by atoms with Crippen LogP contribution in [0.3, 0.4) is 0 Å². The van der Waals surface area contributed by atoms with Crippen LogP contribution >= 0.6 is 0 Å². The van der Waals surface area contributed by atoms with Crippen LogP contribution in [-0.2, 0) is 15.1 Å². The van der Waals surface area contributed by atoms with E-state index in [9.17, 15) is 9.59 Å². The lowest BCUT2D eigenvalue weighted by molar-refractivity contribution is -0.149. The molecule has 1 aliphatic heterocycles. The molecule has 0 bridgehead atoms. The zero-order valence-corrected chi connectivity index (χ0v) is 10.3. The maximum Gasteiger partial charge on any atom is 0.253 e. The molecule has 18 heavy (non-hydrogen) atoms. The second kappa shape index (κ2) is 4.64. The van der Waals surface area contributed by atoms with Crippen molar-refractivity contribution < 1.29 is 9.59 Å². The SMILES string of the molecule is C=CCN1CC(=O)NC(C)(c2ccccc2)C1=O. The van der Waals surface area contributed by atoms with Crippen LogP contribution in [0.15, 0.2) is 43.0 Å². The molecule has 2 rings (SSSR count). The van der Waals surface area contributed by atoms with E-state index in [1.165, 1.54) is 4.90 Å². The van der Waals surface area contributed by atoms with Crippen molar-refractivity contribution in [1.82, 2.24) is 10.2 Å². The Kier molecular flexibility index (Phi) is 3.19. The van der Waals surface area contributed by atoms with Crippen LogP contribution < -0.4 is 5.32 Å². The van der Waals surface area contributed by atoms with Gasteiger partial charge in [-0.1, -0.05) is 36.4 Å². The van der Waals surface area contributed by atoms with Gasteiger partial charge in [0.05, 0.1) is 6.54 Å². The number of rotatable bonds is 3. The first-order valence-corrected chi connectivity index (χ1v) is 5.85. The average Bonchev–Trinajstić information content (AvgIpc) is 2.37. The minimum absolute atomic E-state index is 0.0906. The molecule has 1 aliphatic rings. The maximum absolute atomic E-state index is 12.4. The van der Waals surface area contributed by atoms with E-state index < -0.39 is 5.54 Å². The molecule has 4 nitrogen and oxygen atoms in total. The van der Waals surface area contributed by atoms with Gasteiger partial charge in [-0.05, 0) is 12.5 Å². The van der Waals surface area contributed by atoms with Gasteiger partial charge in [-0.25, -0.2) is 0 Å². The van der Waals surface area contributed by atoms with Crippen molar-refractivity contribution in [2.45, 2.75) is 12.5 Å². The molecule has 2 amide bonds. The van der Waals surface area contributed by atoms with Crippen molar-refractivity contribution in [2.24, 2.45) is 0 Å². The molecular formula is C14H16N2O2. The van der Waals surface area contributed by atoms with Crippen LogP contribution in [0.2, 0.25) is 0 Å². The third-order valence-electron chi connectivity index (χ3n) is 3.14. The average molecular weight is 244 g/mol. The van der Waals surface area contributed by atoms with Crippen LogP contribution in [0.25, 0.3) is 0 Å². The number of nitrogens with zero attached hydrogens (tertiary/aromatic N) is 1. The smallest absolute Gasteiger partial charge is 0.253 e. The van der Waals surface area contributed by atoms with Gasteiger partial charge in [0, 0.05) is 6.54 Å². The second-order valence-electron chi connectivity index (χ2n) is 4.51. The second-order valence-corrected chi connectivity index (χ2v) is 4.51. The molecule has 1 atom stereocenters. The summed E-state index contributed by atoms with van der Waals surface area (Å²) in [5, 5.41) is 2.78. The fraction of sp³-hybridized carbons (Fsp3) is 0.286. The highest BCUT2D eigenvalue weighted by Gasteiger charge is 2.43. The lowest BCUT2D eigenvalue weighted by Crippen LogP contribution is -2.63. The number of nitrogens with one attached hydrogen (secondary N) is 1. The summed E-state index contributed by atoms with van der Waals surface area (Å²) >= 11 is 0. The molecule has 94 valence electrons. The summed E-state index contributed by atoms with van der Waals surface area (Å²) in [7, 11) is 0. The minimum Gasteiger partial charge on any atom is -0.337 e. The summed E-state index contributed by atoms with van der Waals surface area (Å²) in [4.78, 5) is 25.7. The van der Waals surface area contributed by atoms with Crippen LogP contribution in [-0.4, -0.2) is 29.8 Å². The molecule has 1 N–H and O–H groups in total. The highest BCUT2D eigenvalue weighted by Crippen LogP contribution is 2.25. The predicted molar refractivity (Wildman–Crippen MR) is 68.7 cm³/mol. The number of hydrogen-bond acceptors (Lipinski definition) is 2. The summed E-state index contributed by atoms with van der Waals surface area (Å²) in [6.45, 7) is 5.82. The van der Waals surface area contributed by atoms with E-state index in [0.29, 0.717) is 6.54 Å². The van der Waals surface area contributed by atoms with E-state index in [-0.39, 0.29) is 18.4 Å². The number of amides is 2. The fourth-order valence-electron chi connectivity index (χ4n) is 2.20. The Morgan fingerprint density at radius 2 is 2.06 bits per heavy atom. The zero-order valence-electron chi connectivity index (χ0n) is 10.3. The third kappa shape index (κ3) is 2.01. The van der Waals surface area contributed by atoms with Crippen LogP contribution in [0.1, 0.15) is 12.5 Å². The van der Waals surface area contributed by atoms with Gasteiger partial charge in [-0.15, -0.1) is 6.58 Å². The van der Waals surface area contributed by atoms with Crippen molar-refractivity contribution in [3.8, 4) is 0 Å². The fourth-order valence-corrected chi connectivity index (χ4v) is 2.20. The molecule has 0 radical (unpaired) electrons. The molecule has 0 spiro atoms. The number of hydrogen-bond donors (Lipinski definition) is 1. The Labute approximate surface area is 106 Å². The minimum atomic E-state index is -0.987. The lowest BCUT2D eigenvalue weighted by Gasteiger charge is -2.39. The lowest BCUT2D eigenvalue weighted by atomic mass is 9.88. The van der Waals surface area contributed by atoms with E-state index in [0.717, 1.165) is 5.56 Å². The molecule has 0 aromatic heterocycles. The molecule has 1 fully saturated rings. The Balaban J connectivity index is 2.38. The standard InChI is InChI=1S/C14H16N2O2/c1-3-9-16-10-12(17)15-14(2,13(16)18)11-7-5-4-6-8-11/h3-8H,1,9-10H2,2H3,(H,15,17). The zero-order chi connectivity index (χ0) is 13.2. The number of carbonyl (C=O) groups is 2. The van der Waals surface area contributed by atoms with Gasteiger partial charge in [0.1, 0.15) is 5.54 Å². The maximum atomic E-state index is 12.4. The molecule has 1 aromatic rings. The predicted octanol–water partition coefficient (Wildman–Crippen LogP) is 1.05. The van der Waals surface area contributed by atoms with E-state index in [1.807, 2.05) is 30.3 Å². The van der Waals surface area contributed by atoms with Gasteiger partial charge in [0.15, 0.2) is 0 Å². The largest absolute Gasteiger partial charge is 0.337 e. The van der Waals surface area contributed by atoms with Gasteiger partial charge in [-0.2, -0.15) is 0 Å². The number of piperazine rings is 1. The Morgan fingerprint density at radius 1 is 1.39 bits per heavy atom. The summed E-state index contributed by atoms with van der Waals surface area (Å²) < 4.78 is 0. The van der Waals surface area contributed by atoms with E-state index in [4.69, 9.17) is 0 Å². The third-order valence-corrected chi connectivity index (χ3v) is 3.14. The first kappa shape index (κ1) is 12.4. The molecule has 4 heteroatoms. The normalized spacial score (nSPS) is 23.7. The summed E-state index contributed by atoms with van der Waals surface area (Å²) in [6, 6.07) is 9.27. The Bertz CT molecular complexity index is 484. The highest BCUT2D eigenvalue weighted by molar-refractivity contribution is 5.98.